The van der Waals surface area contributed by atoms with Crippen LogP contribution in [0.1, 0.15) is 31.1 Å². The summed E-state index contributed by atoms with van der Waals surface area (Å²) < 4.78 is 5.13. The lowest BCUT2D eigenvalue weighted by Crippen LogP contribution is -2.19. The Balaban J connectivity index is 2.21. The van der Waals surface area contributed by atoms with E-state index in [2.05, 4.69) is 6.92 Å². The van der Waals surface area contributed by atoms with Gasteiger partial charge in [-0.3, -0.25) is 0 Å². The minimum atomic E-state index is -0.582. The van der Waals surface area contributed by atoms with Crippen molar-refractivity contribution in [3.05, 3.63) is 17.0 Å². The molecule has 1 aromatic heterocycles. The van der Waals surface area contributed by atoms with E-state index < -0.39 is 5.60 Å². The quantitative estimate of drug-likeness (QED) is 0.816. The molecule has 0 amide bonds. The first kappa shape index (κ1) is 9.99. The van der Waals surface area contributed by atoms with Gasteiger partial charge in [-0.25, -0.2) is 0 Å². The Morgan fingerprint density at radius 3 is 2.86 bits per heavy atom. The molecule has 78 valence electrons. The zero-order chi connectivity index (χ0) is 10.2. The largest absolute Gasteiger partial charge is 0.487 e. The molecule has 1 fully saturated rings. The summed E-state index contributed by atoms with van der Waals surface area (Å²) in [6.07, 6.45) is 2.89. The number of ether oxygens (including phenoxy) is 1. The van der Waals surface area contributed by atoms with Crippen molar-refractivity contribution in [1.82, 2.24) is 0 Å². The van der Waals surface area contributed by atoms with Gasteiger partial charge in [0.1, 0.15) is 0 Å². The Bertz CT molecular complexity index is 321. The fourth-order valence-electron chi connectivity index (χ4n) is 2.17. The van der Waals surface area contributed by atoms with E-state index in [0.717, 1.165) is 29.2 Å². The molecule has 1 aliphatic rings. The molecule has 1 N–H and O–H groups in total. The maximum atomic E-state index is 10.4. The fourth-order valence-corrected chi connectivity index (χ4v) is 3.12. The van der Waals surface area contributed by atoms with Gasteiger partial charge in [0.25, 0.3) is 0 Å². The normalized spacial score (nSPS) is 32.1. The molecule has 1 aliphatic carbocycles. The van der Waals surface area contributed by atoms with E-state index in [4.69, 9.17) is 4.74 Å². The lowest BCUT2D eigenvalue weighted by atomic mass is 9.99. The van der Waals surface area contributed by atoms with Crippen molar-refractivity contribution in [2.75, 3.05) is 7.11 Å². The van der Waals surface area contributed by atoms with Gasteiger partial charge < -0.3 is 9.84 Å². The number of aliphatic hydroxyl groups is 1. The van der Waals surface area contributed by atoms with Gasteiger partial charge in [-0.2, -0.15) is 0 Å². The molecule has 2 rings (SSSR count). The van der Waals surface area contributed by atoms with Crippen LogP contribution in [-0.4, -0.2) is 12.2 Å². The molecule has 2 unspecified atom stereocenters. The highest BCUT2D eigenvalue weighted by atomic mass is 32.1. The first-order chi connectivity index (χ1) is 6.64. The molecule has 2 nitrogen and oxygen atoms in total. The molecule has 2 atom stereocenters. The Hall–Kier alpha value is -0.540. The average Bonchev–Trinajstić information content (AvgIpc) is 2.73. The number of hydrogen-bond donors (Lipinski definition) is 1. The van der Waals surface area contributed by atoms with Crippen molar-refractivity contribution in [2.45, 2.75) is 31.8 Å². The third kappa shape index (κ3) is 1.66. The van der Waals surface area contributed by atoms with Crippen LogP contribution in [0.15, 0.2) is 12.1 Å². The summed E-state index contributed by atoms with van der Waals surface area (Å²) in [6, 6.07) is 3.92. The van der Waals surface area contributed by atoms with Gasteiger partial charge in [0.15, 0.2) is 5.06 Å². The molecular weight excluding hydrogens is 196 g/mol. The number of rotatable bonds is 2. The monoisotopic (exact) mass is 212 g/mol. The van der Waals surface area contributed by atoms with E-state index in [1.165, 1.54) is 0 Å². The Kier molecular flexibility index (Phi) is 2.54. The van der Waals surface area contributed by atoms with Crippen LogP contribution in [-0.2, 0) is 5.60 Å². The van der Waals surface area contributed by atoms with E-state index in [-0.39, 0.29) is 0 Å². The summed E-state index contributed by atoms with van der Waals surface area (Å²) >= 11 is 1.56. The highest BCUT2D eigenvalue weighted by Crippen LogP contribution is 2.45. The lowest BCUT2D eigenvalue weighted by molar-refractivity contribution is 0.0446. The van der Waals surface area contributed by atoms with Crippen molar-refractivity contribution in [2.24, 2.45) is 5.92 Å². The lowest BCUT2D eigenvalue weighted by Gasteiger charge is -2.20. The van der Waals surface area contributed by atoms with Crippen molar-refractivity contribution in [3.8, 4) is 5.06 Å². The molecule has 0 aliphatic heterocycles. The van der Waals surface area contributed by atoms with Gasteiger partial charge in [0, 0.05) is 4.88 Å². The zero-order valence-corrected chi connectivity index (χ0v) is 9.43. The molecule has 3 heteroatoms. The summed E-state index contributed by atoms with van der Waals surface area (Å²) in [5, 5.41) is 11.3. The summed E-state index contributed by atoms with van der Waals surface area (Å²) in [4.78, 5) is 1.05. The van der Waals surface area contributed by atoms with Gasteiger partial charge >= 0.3 is 0 Å². The van der Waals surface area contributed by atoms with Crippen molar-refractivity contribution in [1.29, 1.82) is 0 Å². The minimum Gasteiger partial charge on any atom is -0.487 e. The van der Waals surface area contributed by atoms with Gasteiger partial charge in [-0.1, -0.05) is 6.92 Å². The average molecular weight is 212 g/mol. The highest BCUT2D eigenvalue weighted by Gasteiger charge is 2.38. The first-order valence-corrected chi connectivity index (χ1v) is 5.82. The maximum Gasteiger partial charge on any atom is 0.173 e. The first-order valence-electron chi connectivity index (χ1n) is 5.01. The molecule has 1 saturated carbocycles. The van der Waals surface area contributed by atoms with E-state index >= 15 is 0 Å². The zero-order valence-electron chi connectivity index (χ0n) is 8.62. The van der Waals surface area contributed by atoms with Crippen LogP contribution < -0.4 is 4.74 Å². The van der Waals surface area contributed by atoms with Crippen molar-refractivity contribution >= 4 is 11.3 Å². The summed E-state index contributed by atoms with van der Waals surface area (Å²) in [7, 11) is 1.66. The number of thiophene rings is 1. The molecular formula is C11H16O2S. The smallest absolute Gasteiger partial charge is 0.173 e. The molecule has 0 bridgehead atoms. The third-order valence-corrected chi connectivity index (χ3v) is 4.22. The summed E-state index contributed by atoms with van der Waals surface area (Å²) in [5.74, 6) is 0.632. The SMILES string of the molecule is COc1ccc(C2(O)CCC(C)C2)s1. The Labute approximate surface area is 88.5 Å². The molecule has 14 heavy (non-hydrogen) atoms. The standard InChI is InChI=1S/C11H16O2S/c1-8-5-6-11(12,7-8)9-3-4-10(13-2)14-9/h3-4,8,12H,5-7H2,1-2H3. The van der Waals surface area contributed by atoms with Gasteiger partial charge in [-0.05, 0) is 37.3 Å². The molecule has 0 aromatic carbocycles. The van der Waals surface area contributed by atoms with E-state index in [9.17, 15) is 5.11 Å². The second kappa shape index (κ2) is 3.55. The minimum absolute atomic E-state index is 0.582. The van der Waals surface area contributed by atoms with Crippen LogP contribution >= 0.6 is 11.3 Å². The Morgan fingerprint density at radius 2 is 2.36 bits per heavy atom. The number of methoxy groups -OCH3 is 1. The van der Waals surface area contributed by atoms with E-state index in [1.54, 1.807) is 18.4 Å². The molecule has 0 saturated heterocycles. The fraction of sp³-hybridized carbons (Fsp3) is 0.636. The topological polar surface area (TPSA) is 29.5 Å². The summed E-state index contributed by atoms with van der Waals surface area (Å²) in [6.45, 7) is 2.20. The van der Waals surface area contributed by atoms with Crippen LogP contribution in [0.25, 0.3) is 0 Å². The van der Waals surface area contributed by atoms with Crippen molar-refractivity contribution < 1.29 is 9.84 Å². The van der Waals surface area contributed by atoms with E-state index in [0.29, 0.717) is 5.92 Å². The van der Waals surface area contributed by atoms with Crippen LogP contribution in [0.5, 0.6) is 5.06 Å². The van der Waals surface area contributed by atoms with Gasteiger partial charge in [-0.15, -0.1) is 11.3 Å². The van der Waals surface area contributed by atoms with Crippen LogP contribution in [0, 0.1) is 5.92 Å². The van der Waals surface area contributed by atoms with Crippen molar-refractivity contribution in [3.63, 3.8) is 0 Å². The van der Waals surface area contributed by atoms with Crippen LogP contribution in [0.4, 0.5) is 0 Å². The van der Waals surface area contributed by atoms with Crippen LogP contribution in [0.2, 0.25) is 0 Å². The molecule has 0 spiro atoms. The maximum absolute atomic E-state index is 10.4. The van der Waals surface area contributed by atoms with Gasteiger partial charge in [0.2, 0.25) is 0 Å². The second-order valence-electron chi connectivity index (χ2n) is 4.20. The summed E-state index contributed by atoms with van der Waals surface area (Å²) in [5.41, 5.74) is -0.582. The van der Waals surface area contributed by atoms with E-state index in [1.807, 2.05) is 12.1 Å². The molecule has 0 radical (unpaired) electrons. The number of hydrogen-bond acceptors (Lipinski definition) is 3. The molecule has 1 aromatic rings. The molecule has 1 heterocycles. The third-order valence-electron chi connectivity index (χ3n) is 2.98. The van der Waals surface area contributed by atoms with Gasteiger partial charge in [0.05, 0.1) is 12.7 Å². The predicted octanol–water partition coefficient (Wildman–Crippen LogP) is 2.76. The highest BCUT2D eigenvalue weighted by molar-refractivity contribution is 7.14. The van der Waals surface area contributed by atoms with Crippen LogP contribution in [0.3, 0.4) is 0 Å². The Morgan fingerprint density at radius 1 is 1.57 bits per heavy atom. The second-order valence-corrected chi connectivity index (χ2v) is 5.25. The predicted molar refractivity (Wildman–Crippen MR) is 57.8 cm³/mol.